The van der Waals surface area contributed by atoms with Crippen LogP contribution in [-0.2, 0) is 4.74 Å². The van der Waals surface area contributed by atoms with Crippen molar-refractivity contribution >= 4 is 0 Å². The third kappa shape index (κ3) is 4.52. The highest BCUT2D eigenvalue weighted by Gasteiger charge is 2.14. The number of hydrogen-bond acceptors (Lipinski definition) is 5. The third-order valence-corrected chi connectivity index (χ3v) is 2.76. The molecule has 2 unspecified atom stereocenters. The van der Waals surface area contributed by atoms with Crippen molar-refractivity contribution in [2.45, 2.75) is 25.4 Å². The molecule has 4 N–H and O–H groups in total. The predicted molar refractivity (Wildman–Crippen MR) is 68.7 cm³/mol. The molecule has 0 aliphatic carbocycles. The molecule has 0 aliphatic rings. The summed E-state index contributed by atoms with van der Waals surface area (Å²) < 4.78 is 5.07. The van der Waals surface area contributed by atoms with Gasteiger partial charge in [-0.05, 0) is 31.0 Å². The van der Waals surface area contributed by atoms with E-state index in [0.29, 0.717) is 13.0 Å². The molecule has 0 saturated carbocycles. The average Bonchev–Trinajstić information content (AvgIpc) is 2.28. The molecule has 18 heavy (non-hydrogen) atoms. The zero-order valence-corrected chi connectivity index (χ0v) is 10.8. The average molecular weight is 255 g/mol. The van der Waals surface area contributed by atoms with Gasteiger partial charge >= 0.3 is 0 Å². The molecule has 0 saturated heterocycles. The van der Waals surface area contributed by atoms with Crippen LogP contribution < -0.4 is 5.32 Å². The van der Waals surface area contributed by atoms with Crippen LogP contribution in [0.15, 0.2) is 18.2 Å². The monoisotopic (exact) mass is 255 g/mol. The van der Waals surface area contributed by atoms with Crippen molar-refractivity contribution in [3.63, 3.8) is 0 Å². The number of aliphatic hydroxyl groups excluding tert-OH is 1. The summed E-state index contributed by atoms with van der Waals surface area (Å²) in [6.45, 7) is 2.50. The molecule has 1 aromatic carbocycles. The Morgan fingerprint density at radius 3 is 2.33 bits per heavy atom. The van der Waals surface area contributed by atoms with Crippen molar-refractivity contribution < 1.29 is 20.1 Å². The number of methoxy groups -OCH3 is 1. The fourth-order valence-electron chi connectivity index (χ4n) is 1.89. The van der Waals surface area contributed by atoms with E-state index in [0.717, 1.165) is 5.56 Å². The Morgan fingerprint density at radius 2 is 1.83 bits per heavy atom. The minimum Gasteiger partial charge on any atom is -0.508 e. The number of nitrogens with one attached hydrogen (secondary N) is 1. The minimum atomic E-state index is -0.0605. The Labute approximate surface area is 107 Å². The van der Waals surface area contributed by atoms with Crippen molar-refractivity contribution in [1.82, 2.24) is 5.32 Å². The molecule has 0 spiro atoms. The zero-order chi connectivity index (χ0) is 13.5. The molecule has 0 heterocycles. The van der Waals surface area contributed by atoms with Crippen molar-refractivity contribution in [3.05, 3.63) is 23.8 Å². The minimum absolute atomic E-state index is 0.0273. The number of aromatic hydroxyl groups is 2. The van der Waals surface area contributed by atoms with Gasteiger partial charge in [0.25, 0.3) is 0 Å². The number of aliphatic hydroxyl groups is 1. The summed E-state index contributed by atoms with van der Waals surface area (Å²) in [7, 11) is 1.61. The molecule has 5 heteroatoms. The maximum Gasteiger partial charge on any atom is 0.119 e. The van der Waals surface area contributed by atoms with Crippen LogP contribution >= 0.6 is 0 Å². The molecule has 1 aromatic rings. The summed E-state index contributed by atoms with van der Waals surface area (Å²) in [5.74, 6) is 0.0631. The molecule has 2 atom stereocenters. The van der Waals surface area contributed by atoms with Crippen LogP contribution in [0, 0.1) is 0 Å². The highest BCUT2D eigenvalue weighted by molar-refractivity contribution is 5.37. The Hall–Kier alpha value is -1.30. The van der Waals surface area contributed by atoms with Crippen LogP contribution in [0.4, 0.5) is 0 Å². The van der Waals surface area contributed by atoms with Gasteiger partial charge in [-0.2, -0.15) is 0 Å². The van der Waals surface area contributed by atoms with Gasteiger partial charge in [-0.1, -0.05) is 0 Å². The highest BCUT2D eigenvalue weighted by Crippen LogP contribution is 2.25. The molecule has 0 aliphatic heterocycles. The number of ether oxygens (including phenoxy) is 1. The first-order chi connectivity index (χ1) is 8.56. The van der Waals surface area contributed by atoms with Crippen molar-refractivity contribution in [1.29, 1.82) is 0 Å². The van der Waals surface area contributed by atoms with Gasteiger partial charge in [-0.15, -0.1) is 0 Å². The smallest absolute Gasteiger partial charge is 0.119 e. The van der Waals surface area contributed by atoms with Crippen LogP contribution in [0.3, 0.4) is 0 Å². The summed E-state index contributed by atoms with van der Waals surface area (Å²) in [5, 5.41) is 31.1. The van der Waals surface area contributed by atoms with Gasteiger partial charge in [0.2, 0.25) is 0 Å². The molecule has 0 amide bonds. The predicted octanol–water partition coefficient (Wildman–Crippen LogP) is 1.15. The van der Waals surface area contributed by atoms with Gasteiger partial charge in [0.15, 0.2) is 0 Å². The first-order valence-electron chi connectivity index (χ1n) is 5.95. The van der Waals surface area contributed by atoms with Crippen LogP contribution in [0.25, 0.3) is 0 Å². The molecule has 102 valence electrons. The normalized spacial score (nSPS) is 14.4. The summed E-state index contributed by atoms with van der Waals surface area (Å²) in [6, 6.07) is 4.45. The van der Waals surface area contributed by atoms with E-state index in [1.54, 1.807) is 19.2 Å². The molecule has 0 fully saturated rings. The van der Waals surface area contributed by atoms with Gasteiger partial charge in [0.05, 0.1) is 6.61 Å². The molecule has 0 radical (unpaired) electrons. The standard InChI is InChI=1S/C13H21NO4/c1-9(14-11(3-4-15)8-18-2)10-5-12(16)7-13(17)6-10/h5-7,9,11,14-17H,3-4,8H2,1-2H3. The first-order valence-corrected chi connectivity index (χ1v) is 5.95. The number of rotatable bonds is 7. The van der Waals surface area contributed by atoms with Crippen LogP contribution in [0.1, 0.15) is 24.9 Å². The first kappa shape index (κ1) is 14.8. The molecule has 5 nitrogen and oxygen atoms in total. The van der Waals surface area contributed by atoms with E-state index >= 15 is 0 Å². The SMILES string of the molecule is COCC(CCO)NC(C)c1cc(O)cc(O)c1. The largest absolute Gasteiger partial charge is 0.508 e. The maximum absolute atomic E-state index is 9.43. The van der Waals surface area contributed by atoms with Gasteiger partial charge in [0.1, 0.15) is 11.5 Å². The Balaban J connectivity index is 2.69. The second-order valence-corrected chi connectivity index (χ2v) is 4.34. The lowest BCUT2D eigenvalue weighted by atomic mass is 10.1. The fraction of sp³-hybridized carbons (Fsp3) is 0.538. The van der Waals surface area contributed by atoms with Crippen LogP contribution in [0.2, 0.25) is 0 Å². The van der Waals surface area contributed by atoms with Gasteiger partial charge in [0, 0.05) is 31.9 Å². The molecular formula is C13H21NO4. The van der Waals surface area contributed by atoms with Crippen LogP contribution in [-0.4, -0.2) is 41.7 Å². The number of hydrogen-bond donors (Lipinski definition) is 4. The summed E-state index contributed by atoms with van der Waals surface area (Å²) in [6.07, 6.45) is 0.586. The lowest BCUT2D eigenvalue weighted by Gasteiger charge is -2.22. The molecule has 1 rings (SSSR count). The van der Waals surface area contributed by atoms with E-state index in [-0.39, 0.29) is 30.2 Å². The Bertz CT molecular complexity index is 344. The van der Waals surface area contributed by atoms with Crippen molar-refractivity contribution in [2.24, 2.45) is 0 Å². The lowest BCUT2D eigenvalue weighted by molar-refractivity contribution is 0.143. The van der Waals surface area contributed by atoms with E-state index in [1.165, 1.54) is 6.07 Å². The Morgan fingerprint density at radius 1 is 1.22 bits per heavy atom. The van der Waals surface area contributed by atoms with Crippen molar-refractivity contribution in [2.75, 3.05) is 20.3 Å². The van der Waals surface area contributed by atoms with E-state index < -0.39 is 0 Å². The lowest BCUT2D eigenvalue weighted by Crippen LogP contribution is -2.36. The number of phenols is 2. The van der Waals surface area contributed by atoms with Gasteiger partial charge in [-0.3, -0.25) is 0 Å². The maximum atomic E-state index is 9.43. The van der Waals surface area contributed by atoms with E-state index in [4.69, 9.17) is 9.84 Å². The van der Waals surface area contributed by atoms with E-state index in [1.807, 2.05) is 6.92 Å². The summed E-state index contributed by atoms with van der Waals surface area (Å²) in [4.78, 5) is 0. The third-order valence-electron chi connectivity index (χ3n) is 2.76. The van der Waals surface area contributed by atoms with Crippen molar-refractivity contribution in [3.8, 4) is 11.5 Å². The van der Waals surface area contributed by atoms with Crippen LogP contribution in [0.5, 0.6) is 11.5 Å². The Kier molecular flexibility index (Phi) is 5.91. The summed E-state index contributed by atoms with van der Waals surface area (Å²) >= 11 is 0. The topological polar surface area (TPSA) is 82.0 Å². The van der Waals surface area contributed by atoms with Gasteiger partial charge < -0.3 is 25.4 Å². The fourth-order valence-corrected chi connectivity index (χ4v) is 1.89. The molecular weight excluding hydrogens is 234 g/mol. The number of benzene rings is 1. The second kappa shape index (κ2) is 7.20. The molecule has 0 aromatic heterocycles. The zero-order valence-electron chi connectivity index (χ0n) is 10.8. The highest BCUT2D eigenvalue weighted by atomic mass is 16.5. The number of phenolic OH excluding ortho intramolecular Hbond substituents is 2. The van der Waals surface area contributed by atoms with Gasteiger partial charge in [-0.25, -0.2) is 0 Å². The summed E-state index contributed by atoms with van der Waals surface area (Å²) in [5.41, 5.74) is 0.784. The van der Waals surface area contributed by atoms with E-state index in [9.17, 15) is 10.2 Å². The van der Waals surface area contributed by atoms with E-state index in [2.05, 4.69) is 5.32 Å². The molecule has 0 bridgehead atoms. The second-order valence-electron chi connectivity index (χ2n) is 4.34. The quantitative estimate of drug-likeness (QED) is 0.587.